The SMILES string of the molecule is C[C@@H]1[C@@H]2CC[C@@H](C2N)C1(C)C. The van der Waals surface area contributed by atoms with E-state index in [2.05, 4.69) is 20.8 Å². The molecule has 1 unspecified atom stereocenters. The first-order valence-electron chi connectivity index (χ1n) is 4.80. The summed E-state index contributed by atoms with van der Waals surface area (Å²) in [6.07, 6.45) is 2.76. The third kappa shape index (κ3) is 0.752. The minimum Gasteiger partial charge on any atom is -0.327 e. The molecule has 0 spiro atoms. The van der Waals surface area contributed by atoms with Crippen molar-refractivity contribution in [3.8, 4) is 0 Å². The quantitative estimate of drug-likeness (QED) is 0.566. The Hall–Kier alpha value is -0.0400. The van der Waals surface area contributed by atoms with E-state index in [4.69, 9.17) is 5.73 Å². The predicted octanol–water partition coefficient (Wildman–Crippen LogP) is 2.02. The Bertz CT molecular complexity index is 174. The van der Waals surface area contributed by atoms with Gasteiger partial charge in [0.25, 0.3) is 0 Å². The Kier molecular flexibility index (Phi) is 1.39. The van der Waals surface area contributed by atoms with Crippen LogP contribution in [0.25, 0.3) is 0 Å². The zero-order chi connectivity index (χ0) is 8.22. The predicted molar refractivity (Wildman–Crippen MR) is 47.1 cm³/mol. The van der Waals surface area contributed by atoms with E-state index in [9.17, 15) is 0 Å². The van der Waals surface area contributed by atoms with Crippen molar-refractivity contribution in [1.82, 2.24) is 0 Å². The molecule has 0 saturated heterocycles. The molecule has 0 heterocycles. The van der Waals surface area contributed by atoms with Crippen molar-refractivity contribution < 1.29 is 0 Å². The number of fused-ring (bicyclic) bond motifs is 2. The van der Waals surface area contributed by atoms with E-state index in [1.807, 2.05) is 0 Å². The lowest BCUT2D eigenvalue weighted by Crippen LogP contribution is -2.30. The summed E-state index contributed by atoms with van der Waals surface area (Å²) < 4.78 is 0. The van der Waals surface area contributed by atoms with E-state index >= 15 is 0 Å². The van der Waals surface area contributed by atoms with Gasteiger partial charge in [0.2, 0.25) is 0 Å². The highest BCUT2D eigenvalue weighted by Crippen LogP contribution is 2.58. The first-order chi connectivity index (χ1) is 5.05. The van der Waals surface area contributed by atoms with E-state index in [1.165, 1.54) is 12.8 Å². The van der Waals surface area contributed by atoms with E-state index < -0.39 is 0 Å². The number of nitrogens with two attached hydrogens (primary N) is 1. The molecule has 0 aromatic heterocycles. The van der Waals surface area contributed by atoms with E-state index in [-0.39, 0.29) is 0 Å². The van der Waals surface area contributed by atoms with Gasteiger partial charge in [0.1, 0.15) is 0 Å². The van der Waals surface area contributed by atoms with Gasteiger partial charge in [-0.15, -0.1) is 0 Å². The molecular formula is C10H19N. The minimum atomic E-state index is 0.514. The lowest BCUT2D eigenvalue weighted by Gasteiger charge is -2.35. The summed E-state index contributed by atoms with van der Waals surface area (Å²) in [5.41, 5.74) is 6.67. The minimum absolute atomic E-state index is 0.514. The Morgan fingerprint density at radius 3 is 2.18 bits per heavy atom. The third-order valence-corrected chi connectivity index (χ3v) is 4.54. The van der Waals surface area contributed by atoms with Gasteiger partial charge in [-0.2, -0.15) is 0 Å². The second-order valence-electron chi connectivity index (χ2n) is 5.04. The Morgan fingerprint density at radius 1 is 1.27 bits per heavy atom. The monoisotopic (exact) mass is 153 g/mol. The number of rotatable bonds is 0. The highest BCUT2D eigenvalue weighted by Gasteiger charge is 2.55. The van der Waals surface area contributed by atoms with Crippen molar-refractivity contribution in [3.05, 3.63) is 0 Å². The van der Waals surface area contributed by atoms with Gasteiger partial charge in [-0.25, -0.2) is 0 Å². The van der Waals surface area contributed by atoms with Crippen LogP contribution in [0.1, 0.15) is 33.6 Å². The van der Waals surface area contributed by atoms with Crippen LogP contribution in [0.15, 0.2) is 0 Å². The van der Waals surface area contributed by atoms with Crippen LogP contribution in [0.2, 0.25) is 0 Å². The molecule has 1 heteroatoms. The molecule has 1 nitrogen and oxygen atoms in total. The molecule has 2 aliphatic carbocycles. The maximum atomic E-state index is 6.15. The van der Waals surface area contributed by atoms with Crippen molar-refractivity contribution in [2.45, 2.75) is 39.7 Å². The van der Waals surface area contributed by atoms with Crippen LogP contribution in [0.4, 0.5) is 0 Å². The first-order valence-corrected chi connectivity index (χ1v) is 4.80. The summed E-state index contributed by atoms with van der Waals surface area (Å²) in [6, 6.07) is 0.514. The molecule has 2 N–H and O–H groups in total. The van der Waals surface area contributed by atoms with Crippen LogP contribution in [0.5, 0.6) is 0 Å². The van der Waals surface area contributed by atoms with Gasteiger partial charge in [0.05, 0.1) is 0 Å². The lowest BCUT2D eigenvalue weighted by molar-refractivity contribution is 0.137. The van der Waals surface area contributed by atoms with Gasteiger partial charge in [0, 0.05) is 6.04 Å². The largest absolute Gasteiger partial charge is 0.327 e. The zero-order valence-electron chi connectivity index (χ0n) is 7.80. The van der Waals surface area contributed by atoms with Crippen molar-refractivity contribution in [2.75, 3.05) is 0 Å². The Balaban J connectivity index is 2.31. The normalized spacial score (nSPS) is 53.5. The summed E-state index contributed by atoms with van der Waals surface area (Å²) in [7, 11) is 0. The second kappa shape index (κ2) is 2.01. The molecule has 0 radical (unpaired) electrons. The van der Waals surface area contributed by atoms with Crippen LogP contribution >= 0.6 is 0 Å². The fourth-order valence-electron chi connectivity index (χ4n) is 3.40. The summed E-state index contributed by atoms with van der Waals surface area (Å²) in [6.45, 7) is 7.16. The Labute approximate surface area is 69.4 Å². The fraction of sp³-hybridized carbons (Fsp3) is 1.00. The highest BCUT2D eigenvalue weighted by atomic mass is 14.8. The summed E-state index contributed by atoms with van der Waals surface area (Å²) in [5.74, 6) is 2.48. The number of hydrogen-bond donors (Lipinski definition) is 1. The van der Waals surface area contributed by atoms with Crippen molar-refractivity contribution in [1.29, 1.82) is 0 Å². The van der Waals surface area contributed by atoms with Crippen LogP contribution in [0, 0.1) is 23.2 Å². The van der Waals surface area contributed by atoms with Crippen LogP contribution in [-0.2, 0) is 0 Å². The van der Waals surface area contributed by atoms with Crippen LogP contribution in [-0.4, -0.2) is 6.04 Å². The van der Waals surface area contributed by atoms with Crippen molar-refractivity contribution >= 4 is 0 Å². The molecule has 2 fully saturated rings. The van der Waals surface area contributed by atoms with Crippen LogP contribution in [0.3, 0.4) is 0 Å². The molecular weight excluding hydrogens is 134 g/mol. The van der Waals surface area contributed by atoms with Gasteiger partial charge < -0.3 is 5.73 Å². The highest BCUT2D eigenvalue weighted by molar-refractivity contribution is 5.07. The average molecular weight is 153 g/mol. The van der Waals surface area contributed by atoms with Crippen molar-refractivity contribution in [2.24, 2.45) is 28.9 Å². The molecule has 2 saturated carbocycles. The summed E-state index contributed by atoms with van der Waals surface area (Å²) in [5, 5.41) is 0. The fourth-order valence-corrected chi connectivity index (χ4v) is 3.40. The summed E-state index contributed by atoms with van der Waals surface area (Å²) >= 11 is 0. The van der Waals surface area contributed by atoms with Gasteiger partial charge in [-0.05, 0) is 36.0 Å². The maximum Gasteiger partial charge on any atom is 0.0104 e. The van der Waals surface area contributed by atoms with Gasteiger partial charge in [-0.3, -0.25) is 0 Å². The van der Waals surface area contributed by atoms with E-state index in [1.54, 1.807) is 0 Å². The molecule has 2 rings (SSSR count). The Morgan fingerprint density at radius 2 is 1.91 bits per heavy atom. The molecule has 2 aliphatic rings. The lowest BCUT2D eigenvalue weighted by atomic mass is 9.70. The zero-order valence-corrected chi connectivity index (χ0v) is 7.80. The maximum absolute atomic E-state index is 6.15. The van der Waals surface area contributed by atoms with Gasteiger partial charge >= 0.3 is 0 Å². The van der Waals surface area contributed by atoms with Gasteiger partial charge in [-0.1, -0.05) is 20.8 Å². The standard InChI is InChI=1S/C10H19N/c1-6-7-4-5-8(9(7)11)10(6,2)3/h6-9H,4-5,11H2,1-3H3/t6-,7+,8+,9?/m1/s1. The molecule has 0 aromatic rings. The second-order valence-corrected chi connectivity index (χ2v) is 5.04. The molecule has 2 bridgehead atoms. The smallest absolute Gasteiger partial charge is 0.0104 e. The molecule has 0 aliphatic heterocycles. The van der Waals surface area contributed by atoms with Crippen molar-refractivity contribution in [3.63, 3.8) is 0 Å². The molecule has 11 heavy (non-hydrogen) atoms. The topological polar surface area (TPSA) is 26.0 Å². The number of hydrogen-bond acceptors (Lipinski definition) is 1. The van der Waals surface area contributed by atoms with Gasteiger partial charge in [0.15, 0.2) is 0 Å². The van der Waals surface area contributed by atoms with E-state index in [0.29, 0.717) is 11.5 Å². The molecule has 64 valence electrons. The van der Waals surface area contributed by atoms with Crippen LogP contribution < -0.4 is 5.73 Å². The average Bonchev–Trinajstić information content (AvgIpc) is 2.34. The molecule has 4 atom stereocenters. The molecule has 0 amide bonds. The van der Waals surface area contributed by atoms with E-state index in [0.717, 1.165) is 17.8 Å². The molecule has 0 aromatic carbocycles. The summed E-state index contributed by atoms with van der Waals surface area (Å²) in [4.78, 5) is 0. The first kappa shape index (κ1) is 7.60. The third-order valence-electron chi connectivity index (χ3n) is 4.54.